The maximum atomic E-state index is 13.4. The van der Waals surface area contributed by atoms with Crippen LogP contribution in [0, 0.1) is 5.82 Å². The highest BCUT2D eigenvalue weighted by molar-refractivity contribution is 5.38. The van der Waals surface area contributed by atoms with Gasteiger partial charge in [-0.05, 0) is 36.1 Å². The maximum Gasteiger partial charge on any atom is 0.123 e. The summed E-state index contributed by atoms with van der Waals surface area (Å²) in [6.07, 6.45) is 6.36. The zero-order valence-electron chi connectivity index (χ0n) is 9.56. The first kappa shape index (κ1) is 10.3. The van der Waals surface area contributed by atoms with E-state index in [1.54, 1.807) is 12.1 Å². The van der Waals surface area contributed by atoms with E-state index in [9.17, 15) is 4.39 Å². The zero-order chi connectivity index (χ0) is 11.0. The van der Waals surface area contributed by atoms with Crippen molar-refractivity contribution >= 4 is 0 Å². The Hall–Kier alpha value is -0.890. The van der Waals surface area contributed by atoms with E-state index >= 15 is 0 Å². The lowest BCUT2D eigenvalue weighted by Gasteiger charge is -2.42. The summed E-state index contributed by atoms with van der Waals surface area (Å²) in [4.78, 5) is 0. The SMILES string of the molecule is Fc1ccc2c(c1)C1(CCCCC1)CNC2. The van der Waals surface area contributed by atoms with Crippen LogP contribution in [0.1, 0.15) is 43.2 Å². The third-order valence-corrected chi connectivity index (χ3v) is 4.23. The van der Waals surface area contributed by atoms with E-state index in [1.165, 1.54) is 43.2 Å². The fourth-order valence-corrected chi connectivity index (χ4v) is 3.40. The van der Waals surface area contributed by atoms with Gasteiger partial charge in [-0.3, -0.25) is 0 Å². The van der Waals surface area contributed by atoms with E-state index < -0.39 is 0 Å². The van der Waals surface area contributed by atoms with Gasteiger partial charge in [-0.25, -0.2) is 4.39 Å². The number of fused-ring (bicyclic) bond motifs is 2. The third-order valence-electron chi connectivity index (χ3n) is 4.23. The molecule has 1 nitrogen and oxygen atoms in total. The highest BCUT2D eigenvalue weighted by atomic mass is 19.1. The second-order valence-corrected chi connectivity index (χ2v) is 5.25. The van der Waals surface area contributed by atoms with Crippen molar-refractivity contribution in [2.45, 2.75) is 44.1 Å². The summed E-state index contributed by atoms with van der Waals surface area (Å²) in [7, 11) is 0. The highest BCUT2D eigenvalue weighted by Crippen LogP contribution is 2.42. The van der Waals surface area contributed by atoms with E-state index in [1.807, 2.05) is 6.07 Å². The Morgan fingerprint density at radius 1 is 1.12 bits per heavy atom. The smallest absolute Gasteiger partial charge is 0.123 e. The first-order valence-electron chi connectivity index (χ1n) is 6.30. The van der Waals surface area contributed by atoms with Gasteiger partial charge in [0.25, 0.3) is 0 Å². The molecule has 0 saturated heterocycles. The summed E-state index contributed by atoms with van der Waals surface area (Å²) in [5.41, 5.74) is 2.81. The molecule has 0 aromatic heterocycles. The van der Waals surface area contributed by atoms with Crippen molar-refractivity contribution in [3.8, 4) is 0 Å². The molecule has 0 amide bonds. The second-order valence-electron chi connectivity index (χ2n) is 5.25. The maximum absolute atomic E-state index is 13.4. The zero-order valence-corrected chi connectivity index (χ0v) is 9.56. The summed E-state index contributed by atoms with van der Waals surface area (Å²) in [6, 6.07) is 5.32. The van der Waals surface area contributed by atoms with Gasteiger partial charge in [0, 0.05) is 18.5 Å². The van der Waals surface area contributed by atoms with Crippen LogP contribution >= 0.6 is 0 Å². The Kier molecular flexibility index (Phi) is 2.47. The molecule has 0 unspecified atom stereocenters. The Morgan fingerprint density at radius 3 is 2.75 bits per heavy atom. The first-order chi connectivity index (χ1) is 7.80. The molecule has 1 aliphatic heterocycles. The summed E-state index contributed by atoms with van der Waals surface area (Å²) in [5.74, 6) is -0.0781. The van der Waals surface area contributed by atoms with Crippen LogP contribution in [0.3, 0.4) is 0 Å². The predicted molar refractivity (Wildman–Crippen MR) is 62.9 cm³/mol. The molecule has 2 aliphatic rings. The van der Waals surface area contributed by atoms with E-state index in [0.29, 0.717) is 0 Å². The molecule has 3 rings (SSSR count). The number of hydrogen-bond donors (Lipinski definition) is 1. The average Bonchev–Trinajstić information content (AvgIpc) is 2.32. The van der Waals surface area contributed by atoms with Crippen molar-refractivity contribution in [1.82, 2.24) is 5.32 Å². The van der Waals surface area contributed by atoms with Crippen molar-refractivity contribution < 1.29 is 4.39 Å². The van der Waals surface area contributed by atoms with Gasteiger partial charge >= 0.3 is 0 Å². The fourth-order valence-electron chi connectivity index (χ4n) is 3.40. The summed E-state index contributed by atoms with van der Waals surface area (Å²) >= 11 is 0. The lowest BCUT2D eigenvalue weighted by atomic mass is 9.66. The van der Waals surface area contributed by atoms with Crippen LogP contribution in [0.4, 0.5) is 4.39 Å². The molecule has 16 heavy (non-hydrogen) atoms. The van der Waals surface area contributed by atoms with Crippen LogP contribution in [0.25, 0.3) is 0 Å². The van der Waals surface area contributed by atoms with Crippen molar-refractivity contribution in [2.75, 3.05) is 6.54 Å². The number of hydrogen-bond acceptors (Lipinski definition) is 1. The minimum atomic E-state index is -0.0781. The Labute approximate surface area is 96.1 Å². The number of rotatable bonds is 0. The van der Waals surface area contributed by atoms with Gasteiger partial charge in [0.2, 0.25) is 0 Å². The third kappa shape index (κ3) is 1.56. The van der Waals surface area contributed by atoms with Crippen LogP contribution in [0.5, 0.6) is 0 Å². The molecule has 2 heteroatoms. The van der Waals surface area contributed by atoms with Gasteiger partial charge in [0.05, 0.1) is 0 Å². The van der Waals surface area contributed by atoms with Gasteiger partial charge in [0.15, 0.2) is 0 Å². The van der Waals surface area contributed by atoms with E-state index in [0.717, 1.165) is 13.1 Å². The largest absolute Gasteiger partial charge is 0.312 e. The molecule has 1 saturated carbocycles. The van der Waals surface area contributed by atoms with Crippen molar-refractivity contribution in [3.63, 3.8) is 0 Å². The summed E-state index contributed by atoms with van der Waals surface area (Å²) in [5, 5.41) is 3.50. The van der Waals surface area contributed by atoms with Gasteiger partial charge in [-0.1, -0.05) is 25.3 Å². The Balaban J connectivity index is 2.06. The molecule has 86 valence electrons. The topological polar surface area (TPSA) is 12.0 Å². The van der Waals surface area contributed by atoms with Crippen molar-refractivity contribution in [2.24, 2.45) is 0 Å². The number of nitrogens with one attached hydrogen (secondary N) is 1. The normalized spacial score (nSPS) is 23.1. The Morgan fingerprint density at radius 2 is 1.94 bits per heavy atom. The molecule has 1 fully saturated rings. The van der Waals surface area contributed by atoms with E-state index in [-0.39, 0.29) is 11.2 Å². The van der Waals surface area contributed by atoms with Gasteiger partial charge in [0.1, 0.15) is 5.82 Å². The van der Waals surface area contributed by atoms with Crippen molar-refractivity contribution in [1.29, 1.82) is 0 Å². The summed E-state index contributed by atoms with van der Waals surface area (Å²) in [6.45, 7) is 1.93. The fraction of sp³-hybridized carbons (Fsp3) is 0.571. The van der Waals surface area contributed by atoms with Crippen LogP contribution < -0.4 is 5.32 Å². The van der Waals surface area contributed by atoms with Gasteiger partial charge in [-0.15, -0.1) is 0 Å². The minimum absolute atomic E-state index is 0.0781. The molecule has 1 heterocycles. The van der Waals surface area contributed by atoms with Crippen molar-refractivity contribution in [3.05, 3.63) is 35.1 Å². The molecule has 1 aromatic carbocycles. The molecule has 1 spiro atoms. The van der Waals surface area contributed by atoms with E-state index in [2.05, 4.69) is 5.32 Å². The molecule has 0 radical (unpaired) electrons. The van der Waals surface area contributed by atoms with Gasteiger partial charge in [-0.2, -0.15) is 0 Å². The molecular formula is C14H18FN. The molecular weight excluding hydrogens is 201 g/mol. The lowest BCUT2D eigenvalue weighted by molar-refractivity contribution is 0.263. The van der Waals surface area contributed by atoms with Crippen LogP contribution in [0.15, 0.2) is 18.2 Å². The monoisotopic (exact) mass is 219 g/mol. The van der Waals surface area contributed by atoms with Crippen LogP contribution in [-0.2, 0) is 12.0 Å². The first-order valence-corrected chi connectivity index (χ1v) is 6.30. The molecule has 0 bridgehead atoms. The van der Waals surface area contributed by atoms with Gasteiger partial charge < -0.3 is 5.32 Å². The number of halogens is 1. The van der Waals surface area contributed by atoms with Crippen LogP contribution in [-0.4, -0.2) is 6.54 Å². The predicted octanol–water partition coefficient (Wildman–Crippen LogP) is 3.13. The van der Waals surface area contributed by atoms with E-state index in [4.69, 9.17) is 0 Å². The molecule has 1 N–H and O–H groups in total. The quantitative estimate of drug-likeness (QED) is 0.707. The second kappa shape index (κ2) is 3.85. The summed E-state index contributed by atoms with van der Waals surface area (Å²) < 4.78 is 13.4. The molecule has 0 atom stereocenters. The highest BCUT2D eigenvalue weighted by Gasteiger charge is 2.37. The number of benzene rings is 1. The molecule has 1 aliphatic carbocycles. The Bertz CT molecular complexity index is 394. The standard InChI is InChI=1S/C14H18FN/c15-12-5-4-11-9-16-10-14(13(11)8-12)6-2-1-3-7-14/h4-5,8,16H,1-3,6-7,9-10H2. The van der Waals surface area contributed by atoms with Crippen LogP contribution in [0.2, 0.25) is 0 Å². The lowest BCUT2D eigenvalue weighted by Crippen LogP contribution is -2.44. The molecule has 1 aromatic rings. The average molecular weight is 219 g/mol. The minimum Gasteiger partial charge on any atom is -0.312 e.